The fraction of sp³-hybridized carbons (Fsp3) is 0.533. The molecule has 4 atom stereocenters. The largest absolute Gasteiger partial charge is 0.490 e. The molecule has 2 aromatic carbocycles. The number of anilines is 2. The number of hydrogen-bond acceptors (Lipinski definition) is 6. The molecular weight excluding hydrogens is 496 g/mol. The number of fused-ring (bicyclic) bond motifs is 1. The molecule has 0 aromatic heterocycles. The number of aliphatic hydroxyl groups is 1. The van der Waals surface area contributed by atoms with Crippen molar-refractivity contribution in [3.63, 3.8) is 0 Å². The number of urea groups is 1. The third kappa shape index (κ3) is 9.23. The molecule has 1 heterocycles. The molecule has 9 nitrogen and oxygen atoms in total. The summed E-state index contributed by atoms with van der Waals surface area (Å²) in [5.41, 5.74) is 1.47. The number of carbonyl (C=O) groups excluding carboxylic acids is 2. The van der Waals surface area contributed by atoms with E-state index in [4.69, 9.17) is 9.47 Å². The Bertz CT molecular complexity index is 1060. The quantitative estimate of drug-likeness (QED) is 0.491. The number of amides is 3. The van der Waals surface area contributed by atoms with E-state index < -0.39 is 12.1 Å². The Balaban J connectivity index is 1.93. The first kappa shape index (κ1) is 30.4. The fourth-order valence-electron chi connectivity index (χ4n) is 4.64. The van der Waals surface area contributed by atoms with Crippen LogP contribution in [0.4, 0.5) is 16.2 Å². The molecule has 0 saturated heterocycles. The topological polar surface area (TPSA) is 103 Å². The SMILES string of the molecule is C[C@@H]1CCCCO[C@@H](CN(C)C)[C@@H](C)CN([C@H](C)CO)C(=O)c2cc(NC(=O)Nc3ccccc3)ccc2O1. The molecule has 1 aliphatic rings. The molecular formula is C30H44N4O5. The van der Waals surface area contributed by atoms with E-state index in [0.29, 0.717) is 35.8 Å². The fourth-order valence-corrected chi connectivity index (χ4v) is 4.64. The second-order valence-electron chi connectivity index (χ2n) is 10.7. The second kappa shape index (κ2) is 14.9. The summed E-state index contributed by atoms with van der Waals surface area (Å²) in [6.45, 7) is 7.50. The van der Waals surface area contributed by atoms with Crippen LogP contribution in [0.25, 0.3) is 0 Å². The first-order valence-corrected chi connectivity index (χ1v) is 13.8. The van der Waals surface area contributed by atoms with Crippen LogP contribution < -0.4 is 15.4 Å². The van der Waals surface area contributed by atoms with Gasteiger partial charge in [0.05, 0.1) is 30.4 Å². The molecule has 0 spiro atoms. The average Bonchev–Trinajstić information content (AvgIpc) is 2.90. The lowest BCUT2D eigenvalue weighted by Gasteiger charge is -2.35. The van der Waals surface area contributed by atoms with Gasteiger partial charge >= 0.3 is 6.03 Å². The summed E-state index contributed by atoms with van der Waals surface area (Å²) in [6.07, 6.45) is 2.51. The van der Waals surface area contributed by atoms with Gasteiger partial charge in [-0.1, -0.05) is 25.1 Å². The molecule has 3 amide bonds. The maximum atomic E-state index is 14.1. The van der Waals surface area contributed by atoms with Gasteiger partial charge in [0.25, 0.3) is 5.91 Å². The van der Waals surface area contributed by atoms with Gasteiger partial charge < -0.3 is 35.0 Å². The normalized spacial score (nSPS) is 21.9. The number of nitrogens with one attached hydrogen (secondary N) is 2. The van der Waals surface area contributed by atoms with Crippen molar-refractivity contribution in [2.24, 2.45) is 5.92 Å². The third-order valence-corrected chi connectivity index (χ3v) is 6.89. The van der Waals surface area contributed by atoms with Gasteiger partial charge in [0.2, 0.25) is 0 Å². The number of rotatable bonds is 6. The summed E-state index contributed by atoms with van der Waals surface area (Å²) < 4.78 is 12.5. The van der Waals surface area contributed by atoms with Gasteiger partial charge in [-0.3, -0.25) is 4.79 Å². The lowest BCUT2D eigenvalue weighted by atomic mass is 10.0. The van der Waals surface area contributed by atoms with Gasteiger partial charge in [0.1, 0.15) is 5.75 Å². The minimum Gasteiger partial charge on any atom is -0.490 e. The average molecular weight is 541 g/mol. The molecule has 0 bridgehead atoms. The van der Waals surface area contributed by atoms with E-state index in [1.54, 1.807) is 35.2 Å². The highest BCUT2D eigenvalue weighted by atomic mass is 16.5. The van der Waals surface area contributed by atoms with Crippen molar-refractivity contribution in [3.05, 3.63) is 54.1 Å². The molecule has 1 aliphatic heterocycles. The zero-order valence-electron chi connectivity index (χ0n) is 23.9. The highest BCUT2D eigenvalue weighted by Crippen LogP contribution is 2.28. The van der Waals surface area contributed by atoms with E-state index in [1.165, 1.54) is 0 Å². The monoisotopic (exact) mass is 540 g/mol. The lowest BCUT2D eigenvalue weighted by Crippen LogP contribution is -2.47. The molecule has 39 heavy (non-hydrogen) atoms. The number of ether oxygens (including phenoxy) is 2. The van der Waals surface area contributed by atoms with Crippen LogP contribution in [0.3, 0.4) is 0 Å². The summed E-state index contributed by atoms with van der Waals surface area (Å²) in [6, 6.07) is 13.4. The van der Waals surface area contributed by atoms with Crippen LogP contribution >= 0.6 is 0 Å². The van der Waals surface area contributed by atoms with Gasteiger partial charge in [-0.05, 0) is 77.5 Å². The Morgan fingerprint density at radius 3 is 2.51 bits per heavy atom. The standard InChI is InChI=1S/C30H44N4O5/c1-21-18-34(22(2)20-35)29(36)26-17-25(32-30(37)31-24-12-7-6-8-13-24)14-15-27(26)39-23(3)11-9-10-16-38-28(21)19-33(4)5/h6-8,12-15,17,21-23,28,35H,9-11,16,18-20H2,1-5H3,(H2,31,32,37)/t21-,22+,23+,28-/m0/s1. The first-order valence-electron chi connectivity index (χ1n) is 13.8. The zero-order chi connectivity index (χ0) is 28.4. The molecule has 0 radical (unpaired) electrons. The second-order valence-corrected chi connectivity index (χ2v) is 10.7. The van der Waals surface area contributed by atoms with Crippen molar-refractivity contribution in [1.29, 1.82) is 0 Å². The lowest BCUT2D eigenvalue weighted by molar-refractivity contribution is -0.0137. The molecule has 214 valence electrons. The number of likely N-dealkylation sites (N-methyl/N-ethyl adjacent to an activating group) is 1. The van der Waals surface area contributed by atoms with Crippen molar-refractivity contribution >= 4 is 23.3 Å². The minimum absolute atomic E-state index is 0.0227. The van der Waals surface area contributed by atoms with Crippen LogP contribution in [0.5, 0.6) is 5.75 Å². The third-order valence-electron chi connectivity index (χ3n) is 6.89. The molecule has 0 unspecified atom stereocenters. The van der Waals surface area contributed by atoms with Crippen LogP contribution in [-0.2, 0) is 4.74 Å². The van der Waals surface area contributed by atoms with Crippen molar-refractivity contribution in [2.75, 3.05) is 51.0 Å². The van der Waals surface area contributed by atoms with E-state index in [1.807, 2.05) is 46.1 Å². The van der Waals surface area contributed by atoms with E-state index in [9.17, 15) is 14.7 Å². The molecule has 9 heteroatoms. The van der Waals surface area contributed by atoms with Gasteiger partial charge in [-0.15, -0.1) is 0 Å². The Morgan fingerprint density at radius 2 is 1.82 bits per heavy atom. The maximum absolute atomic E-state index is 14.1. The predicted octanol–water partition coefficient (Wildman–Crippen LogP) is 4.69. The van der Waals surface area contributed by atoms with Gasteiger partial charge in [0.15, 0.2) is 0 Å². The highest BCUT2D eigenvalue weighted by molar-refractivity contribution is 6.02. The number of nitrogens with zero attached hydrogens (tertiary/aromatic N) is 2. The van der Waals surface area contributed by atoms with E-state index in [0.717, 1.165) is 25.8 Å². The number of carbonyl (C=O) groups is 2. The number of para-hydroxylation sites is 1. The number of hydrogen-bond donors (Lipinski definition) is 3. The van der Waals surface area contributed by atoms with Crippen molar-refractivity contribution < 1.29 is 24.2 Å². The molecule has 3 rings (SSSR count). The van der Waals surface area contributed by atoms with Crippen LogP contribution in [0, 0.1) is 5.92 Å². The van der Waals surface area contributed by atoms with Gasteiger partial charge in [-0.25, -0.2) is 4.79 Å². The summed E-state index contributed by atoms with van der Waals surface area (Å²) >= 11 is 0. The van der Waals surface area contributed by atoms with Crippen LogP contribution in [0.15, 0.2) is 48.5 Å². The highest BCUT2D eigenvalue weighted by Gasteiger charge is 2.30. The molecule has 3 N–H and O–H groups in total. The van der Waals surface area contributed by atoms with Gasteiger partial charge in [-0.2, -0.15) is 0 Å². The number of aliphatic hydroxyl groups excluding tert-OH is 1. The van der Waals surface area contributed by atoms with Crippen LogP contribution in [0.1, 0.15) is 50.4 Å². The summed E-state index contributed by atoms with van der Waals surface area (Å²) in [4.78, 5) is 30.5. The molecule has 0 fully saturated rings. The first-order chi connectivity index (χ1) is 18.7. The molecule has 0 saturated carbocycles. The maximum Gasteiger partial charge on any atom is 0.323 e. The Labute approximate surface area is 232 Å². The van der Waals surface area contributed by atoms with Crippen LogP contribution in [0.2, 0.25) is 0 Å². The van der Waals surface area contributed by atoms with E-state index >= 15 is 0 Å². The number of benzene rings is 2. The van der Waals surface area contributed by atoms with Crippen LogP contribution in [-0.4, -0.2) is 85.5 Å². The Kier molecular flexibility index (Phi) is 11.6. The minimum atomic E-state index is -0.420. The predicted molar refractivity (Wildman–Crippen MR) is 155 cm³/mol. The molecule has 2 aromatic rings. The van der Waals surface area contributed by atoms with Gasteiger partial charge in [0, 0.05) is 37.0 Å². The van der Waals surface area contributed by atoms with Crippen molar-refractivity contribution in [1.82, 2.24) is 9.80 Å². The smallest absolute Gasteiger partial charge is 0.323 e. The van der Waals surface area contributed by atoms with E-state index in [2.05, 4.69) is 22.5 Å². The molecule has 0 aliphatic carbocycles. The summed E-state index contributed by atoms with van der Waals surface area (Å²) in [5.74, 6) is 0.218. The summed E-state index contributed by atoms with van der Waals surface area (Å²) in [7, 11) is 4.02. The Hall–Kier alpha value is -3.14. The van der Waals surface area contributed by atoms with Crippen molar-refractivity contribution in [2.45, 2.75) is 58.3 Å². The van der Waals surface area contributed by atoms with Crippen molar-refractivity contribution in [3.8, 4) is 5.75 Å². The zero-order valence-corrected chi connectivity index (χ0v) is 23.9. The summed E-state index contributed by atoms with van der Waals surface area (Å²) in [5, 5.41) is 15.7. The van der Waals surface area contributed by atoms with E-state index in [-0.39, 0.29) is 30.6 Å². The Morgan fingerprint density at radius 1 is 1.10 bits per heavy atom.